The molecular formula is C14H19N3O2. The van der Waals surface area contributed by atoms with E-state index in [1.165, 1.54) is 0 Å². The lowest BCUT2D eigenvalue weighted by molar-refractivity contribution is -0.129. The van der Waals surface area contributed by atoms with Crippen molar-refractivity contribution < 1.29 is 9.21 Å². The van der Waals surface area contributed by atoms with E-state index in [2.05, 4.69) is 10.4 Å². The zero-order valence-corrected chi connectivity index (χ0v) is 11.9. The molecule has 1 aromatic carbocycles. The van der Waals surface area contributed by atoms with E-state index in [1.807, 2.05) is 39.0 Å². The van der Waals surface area contributed by atoms with Gasteiger partial charge in [-0.15, -0.1) is 0 Å². The molecule has 0 fully saturated rings. The van der Waals surface area contributed by atoms with Crippen LogP contribution in [-0.2, 0) is 10.2 Å². The molecule has 0 aliphatic heterocycles. The lowest BCUT2D eigenvalue weighted by atomic mass is 9.84. The first-order chi connectivity index (χ1) is 8.80. The van der Waals surface area contributed by atoms with Crippen molar-refractivity contribution in [1.29, 1.82) is 0 Å². The Balaban J connectivity index is 2.38. The number of carbonyl (C=O) groups is 1. The molecule has 0 unspecified atom stereocenters. The van der Waals surface area contributed by atoms with Gasteiger partial charge < -0.3 is 4.42 Å². The van der Waals surface area contributed by atoms with Gasteiger partial charge in [0.2, 0.25) is 5.91 Å². The molecule has 19 heavy (non-hydrogen) atoms. The maximum atomic E-state index is 12.2. The molecule has 102 valence electrons. The fraction of sp³-hybridized carbons (Fsp3) is 0.429. The average Bonchev–Trinajstić information content (AvgIpc) is 2.66. The van der Waals surface area contributed by atoms with E-state index in [-0.39, 0.29) is 5.91 Å². The zero-order chi connectivity index (χ0) is 14.2. The summed E-state index contributed by atoms with van der Waals surface area (Å²) in [6.45, 7) is 5.59. The van der Waals surface area contributed by atoms with E-state index < -0.39 is 5.41 Å². The molecule has 1 N–H and O–H groups in total. The van der Waals surface area contributed by atoms with E-state index in [0.717, 1.165) is 16.7 Å². The SMILES string of the molecule is Cc1nc2cc(C(C)(C)C(=O)NN(C)C)ccc2o1. The largest absolute Gasteiger partial charge is 0.441 e. The molecule has 5 nitrogen and oxygen atoms in total. The standard InChI is InChI=1S/C14H19N3O2/c1-9-15-11-8-10(6-7-12(11)19-9)14(2,3)13(18)16-17(4)5/h6-8H,1-5H3,(H,16,18). The van der Waals surface area contributed by atoms with Gasteiger partial charge in [0, 0.05) is 21.0 Å². The molecule has 0 saturated carbocycles. The number of nitrogens with one attached hydrogen (secondary N) is 1. The maximum Gasteiger partial charge on any atom is 0.244 e. The second-order valence-electron chi connectivity index (χ2n) is 5.38. The highest BCUT2D eigenvalue weighted by atomic mass is 16.3. The van der Waals surface area contributed by atoms with E-state index in [4.69, 9.17) is 4.42 Å². The van der Waals surface area contributed by atoms with Crippen LogP contribution in [0.3, 0.4) is 0 Å². The highest BCUT2D eigenvalue weighted by Crippen LogP contribution is 2.27. The first-order valence-electron chi connectivity index (χ1n) is 6.17. The number of hydrazine groups is 1. The fourth-order valence-electron chi connectivity index (χ4n) is 1.91. The Kier molecular flexibility index (Phi) is 3.32. The second-order valence-corrected chi connectivity index (χ2v) is 5.38. The maximum absolute atomic E-state index is 12.2. The van der Waals surface area contributed by atoms with Crippen LogP contribution >= 0.6 is 0 Å². The van der Waals surface area contributed by atoms with Crippen molar-refractivity contribution in [2.45, 2.75) is 26.2 Å². The molecule has 1 aromatic heterocycles. The Morgan fingerprint density at radius 1 is 1.37 bits per heavy atom. The smallest absolute Gasteiger partial charge is 0.244 e. The zero-order valence-electron chi connectivity index (χ0n) is 11.9. The van der Waals surface area contributed by atoms with E-state index in [0.29, 0.717) is 5.89 Å². The summed E-state index contributed by atoms with van der Waals surface area (Å²) >= 11 is 0. The van der Waals surface area contributed by atoms with Gasteiger partial charge >= 0.3 is 0 Å². The van der Waals surface area contributed by atoms with Crippen molar-refractivity contribution in [2.24, 2.45) is 0 Å². The lowest BCUT2D eigenvalue weighted by Gasteiger charge is -2.26. The molecule has 0 aliphatic carbocycles. The van der Waals surface area contributed by atoms with Crippen LogP contribution in [0, 0.1) is 6.92 Å². The normalized spacial score (nSPS) is 12.1. The third-order valence-electron chi connectivity index (χ3n) is 3.11. The summed E-state index contributed by atoms with van der Waals surface area (Å²) in [4.78, 5) is 16.5. The number of aryl methyl sites for hydroxylation is 1. The monoisotopic (exact) mass is 261 g/mol. The van der Waals surface area contributed by atoms with Crippen molar-refractivity contribution in [2.75, 3.05) is 14.1 Å². The number of oxazole rings is 1. The Morgan fingerprint density at radius 2 is 2.05 bits per heavy atom. The molecule has 0 bridgehead atoms. The molecule has 5 heteroatoms. The van der Waals surface area contributed by atoms with Gasteiger partial charge in [0.05, 0.1) is 5.41 Å². The number of hydrogen-bond donors (Lipinski definition) is 1. The first-order valence-corrected chi connectivity index (χ1v) is 6.17. The third kappa shape index (κ3) is 2.61. The Labute approximate surface area is 112 Å². The second kappa shape index (κ2) is 4.66. The summed E-state index contributed by atoms with van der Waals surface area (Å²) in [7, 11) is 3.58. The Bertz CT molecular complexity index is 614. The highest BCUT2D eigenvalue weighted by molar-refractivity contribution is 5.88. The van der Waals surface area contributed by atoms with Crippen LogP contribution in [-0.4, -0.2) is 30.0 Å². The average molecular weight is 261 g/mol. The van der Waals surface area contributed by atoms with Crippen molar-refractivity contribution >= 4 is 17.0 Å². The predicted octanol–water partition coefficient (Wildman–Crippen LogP) is 2.01. The first kappa shape index (κ1) is 13.5. The minimum atomic E-state index is -0.634. The van der Waals surface area contributed by atoms with Gasteiger partial charge in [-0.05, 0) is 31.5 Å². The van der Waals surface area contributed by atoms with Gasteiger partial charge in [0.15, 0.2) is 11.5 Å². The van der Waals surface area contributed by atoms with Gasteiger partial charge in [0.1, 0.15) is 5.52 Å². The van der Waals surface area contributed by atoms with Gasteiger partial charge in [-0.2, -0.15) is 0 Å². The summed E-state index contributed by atoms with van der Waals surface area (Å²) in [6.07, 6.45) is 0. The molecule has 1 amide bonds. The Hall–Kier alpha value is -1.88. The number of amides is 1. The molecule has 0 radical (unpaired) electrons. The van der Waals surface area contributed by atoms with Crippen LogP contribution in [0.2, 0.25) is 0 Å². The minimum absolute atomic E-state index is 0.0583. The van der Waals surface area contributed by atoms with Crippen molar-refractivity contribution in [3.8, 4) is 0 Å². The number of nitrogens with zero attached hydrogens (tertiary/aromatic N) is 2. The molecule has 0 spiro atoms. The highest BCUT2D eigenvalue weighted by Gasteiger charge is 2.30. The van der Waals surface area contributed by atoms with Crippen molar-refractivity contribution in [1.82, 2.24) is 15.4 Å². The number of benzene rings is 1. The van der Waals surface area contributed by atoms with E-state index in [1.54, 1.807) is 19.1 Å². The summed E-state index contributed by atoms with van der Waals surface area (Å²) in [6, 6.07) is 5.67. The van der Waals surface area contributed by atoms with Crippen molar-refractivity contribution in [3.05, 3.63) is 29.7 Å². The van der Waals surface area contributed by atoms with Gasteiger partial charge in [0.25, 0.3) is 0 Å². The lowest BCUT2D eigenvalue weighted by Crippen LogP contribution is -2.46. The summed E-state index contributed by atoms with van der Waals surface area (Å²) in [5.74, 6) is 0.569. The number of fused-ring (bicyclic) bond motifs is 1. The van der Waals surface area contributed by atoms with E-state index in [9.17, 15) is 4.79 Å². The van der Waals surface area contributed by atoms with Crippen LogP contribution in [0.25, 0.3) is 11.1 Å². The van der Waals surface area contributed by atoms with Crippen LogP contribution in [0.5, 0.6) is 0 Å². The quantitative estimate of drug-likeness (QED) is 0.859. The summed E-state index contributed by atoms with van der Waals surface area (Å²) < 4.78 is 5.44. The fourth-order valence-corrected chi connectivity index (χ4v) is 1.91. The molecule has 0 saturated heterocycles. The van der Waals surface area contributed by atoms with E-state index >= 15 is 0 Å². The third-order valence-corrected chi connectivity index (χ3v) is 3.11. The molecule has 1 heterocycles. The van der Waals surface area contributed by atoms with Gasteiger partial charge in [-0.1, -0.05) is 6.07 Å². The molecule has 2 rings (SSSR count). The van der Waals surface area contributed by atoms with Crippen LogP contribution in [0.15, 0.2) is 22.6 Å². The van der Waals surface area contributed by atoms with Crippen LogP contribution in [0.1, 0.15) is 25.3 Å². The minimum Gasteiger partial charge on any atom is -0.441 e. The molecular weight excluding hydrogens is 242 g/mol. The van der Waals surface area contributed by atoms with Crippen molar-refractivity contribution in [3.63, 3.8) is 0 Å². The number of hydrogen-bond acceptors (Lipinski definition) is 4. The number of aromatic nitrogens is 1. The predicted molar refractivity (Wildman–Crippen MR) is 73.6 cm³/mol. The molecule has 2 aromatic rings. The molecule has 0 aliphatic rings. The summed E-state index contributed by atoms with van der Waals surface area (Å²) in [5, 5.41) is 1.64. The van der Waals surface area contributed by atoms with Gasteiger partial charge in [-0.25, -0.2) is 9.99 Å². The van der Waals surface area contributed by atoms with Crippen LogP contribution in [0.4, 0.5) is 0 Å². The van der Waals surface area contributed by atoms with Gasteiger partial charge in [-0.3, -0.25) is 10.2 Å². The number of rotatable bonds is 3. The number of carbonyl (C=O) groups excluding carboxylic acids is 1. The van der Waals surface area contributed by atoms with Crippen LogP contribution < -0.4 is 5.43 Å². The summed E-state index contributed by atoms with van der Waals surface area (Å²) in [5.41, 5.74) is 4.58. The molecule has 0 atom stereocenters. The topological polar surface area (TPSA) is 58.4 Å². The Morgan fingerprint density at radius 3 is 2.68 bits per heavy atom.